The van der Waals surface area contributed by atoms with Gasteiger partial charge in [-0.05, 0) is 38.7 Å². The lowest BCUT2D eigenvalue weighted by Gasteiger charge is -2.29. The molecule has 1 aromatic rings. The van der Waals surface area contributed by atoms with Crippen LogP contribution in [0.2, 0.25) is 0 Å². The quantitative estimate of drug-likeness (QED) is 0.898. The highest BCUT2D eigenvalue weighted by atomic mass is 32.1. The third-order valence-electron chi connectivity index (χ3n) is 4.05. The fourth-order valence-corrected chi connectivity index (χ4v) is 4.11. The van der Waals surface area contributed by atoms with Crippen LogP contribution in [0.5, 0.6) is 5.75 Å². The van der Waals surface area contributed by atoms with Gasteiger partial charge in [-0.1, -0.05) is 0 Å². The van der Waals surface area contributed by atoms with Gasteiger partial charge < -0.3 is 15.4 Å². The third-order valence-corrected chi connectivity index (χ3v) is 5.08. The predicted molar refractivity (Wildman–Crippen MR) is 76.1 cm³/mol. The van der Waals surface area contributed by atoms with Crippen molar-refractivity contribution in [2.24, 2.45) is 0 Å². The predicted octanol–water partition coefficient (Wildman–Crippen LogP) is 2.67. The van der Waals surface area contributed by atoms with Gasteiger partial charge in [0.15, 0.2) is 0 Å². The molecule has 2 unspecified atom stereocenters. The van der Waals surface area contributed by atoms with Gasteiger partial charge in [-0.3, -0.25) is 4.79 Å². The number of rotatable bonds is 4. The van der Waals surface area contributed by atoms with Crippen molar-refractivity contribution in [1.29, 1.82) is 0 Å². The van der Waals surface area contributed by atoms with Crippen LogP contribution in [0.1, 0.15) is 40.2 Å². The first kappa shape index (κ1) is 14.7. The maximum atomic E-state index is 12.4. The summed E-state index contributed by atoms with van der Waals surface area (Å²) in [5, 5.41) is 6.47. The van der Waals surface area contributed by atoms with Crippen LogP contribution >= 0.6 is 11.3 Å². The molecule has 2 fully saturated rings. The minimum atomic E-state index is -2.92. The van der Waals surface area contributed by atoms with Crippen molar-refractivity contribution >= 4 is 17.2 Å². The van der Waals surface area contributed by atoms with Crippen LogP contribution < -0.4 is 15.4 Å². The SMILES string of the molecule is Cc1cc(OC(F)F)c(C(=O)NC2CC3CCC(C2)N3)s1. The first-order valence-electron chi connectivity index (χ1n) is 7.13. The van der Waals surface area contributed by atoms with E-state index >= 15 is 0 Å². The van der Waals surface area contributed by atoms with Gasteiger partial charge in [-0.2, -0.15) is 8.78 Å². The fraction of sp³-hybridized carbons (Fsp3) is 0.643. The third kappa shape index (κ3) is 3.35. The summed E-state index contributed by atoms with van der Waals surface area (Å²) in [5.41, 5.74) is 0. The number of halogens is 2. The van der Waals surface area contributed by atoms with Crippen molar-refractivity contribution in [3.05, 3.63) is 15.8 Å². The molecule has 0 radical (unpaired) electrons. The minimum Gasteiger partial charge on any atom is -0.433 e. The smallest absolute Gasteiger partial charge is 0.387 e. The zero-order valence-corrected chi connectivity index (χ0v) is 12.5. The number of hydrogen-bond donors (Lipinski definition) is 2. The molecule has 2 aliphatic rings. The number of carbonyl (C=O) groups is 1. The van der Waals surface area contributed by atoms with E-state index in [1.807, 2.05) is 0 Å². The Morgan fingerprint density at radius 2 is 2.10 bits per heavy atom. The summed E-state index contributed by atoms with van der Waals surface area (Å²) >= 11 is 1.18. The number of carbonyl (C=O) groups excluding carboxylic acids is 1. The molecule has 4 nitrogen and oxygen atoms in total. The molecule has 3 heterocycles. The average Bonchev–Trinajstić information content (AvgIpc) is 2.92. The molecular weight excluding hydrogens is 298 g/mol. The molecule has 0 aromatic carbocycles. The topological polar surface area (TPSA) is 50.4 Å². The molecule has 2 saturated heterocycles. The van der Waals surface area contributed by atoms with Crippen LogP contribution in [0.25, 0.3) is 0 Å². The Morgan fingerprint density at radius 3 is 2.71 bits per heavy atom. The van der Waals surface area contributed by atoms with Crippen molar-refractivity contribution in [2.45, 2.75) is 57.3 Å². The largest absolute Gasteiger partial charge is 0.433 e. The highest BCUT2D eigenvalue weighted by molar-refractivity contribution is 7.14. The summed E-state index contributed by atoms with van der Waals surface area (Å²) in [5.74, 6) is -0.336. The van der Waals surface area contributed by atoms with Crippen molar-refractivity contribution in [3.63, 3.8) is 0 Å². The zero-order valence-electron chi connectivity index (χ0n) is 11.7. The van der Waals surface area contributed by atoms with Crippen LogP contribution in [-0.4, -0.2) is 30.6 Å². The van der Waals surface area contributed by atoms with Gasteiger partial charge in [-0.25, -0.2) is 0 Å². The number of ether oxygens (including phenoxy) is 1. The van der Waals surface area contributed by atoms with E-state index in [-0.39, 0.29) is 22.6 Å². The molecule has 0 spiro atoms. The number of fused-ring (bicyclic) bond motifs is 2. The second-order valence-electron chi connectivity index (χ2n) is 5.71. The highest BCUT2D eigenvalue weighted by Crippen LogP contribution is 2.31. The molecule has 2 N–H and O–H groups in total. The average molecular weight is 316 g/mol. The zero-order chi connectivity index (χ0) is 15.0. The van der Waals surface area contributed by atoms with Crippen LogP contribution in [0.3, 0.4) is 0 Å². The van der Waals surface area contributed by atoms with E-state index in [4.69, 9.17) is 0 Å². The summed E-state index contributed by atoms with van der Waals surface area (Å²) < 4.78 is 29.2. The van der Waals surface area contributed by atoms with Crippen LogP contribution in [-0.2, 0) is 0 Å². The Kier molecular flexibility index (Phi) is 4.12. The number of nitrogens with one attached hydrogen (secondary N) is 2. The molecule has 2 aliphatic heterocycles. The number of alkyl halides is 2. The van der Waals surface area contributed by atoms with Crippen LogP contribution in [0.15, 0.2) is 6.07 Å². The number of thiophene rings is 1. The van der Waals surface area contributed by atoms with Crippen molar-refractivity contribution < 1.29 is 18.3 Å². The van der Waals surface area contributed by atoms with Gasteiger partial charge >= 0.3 is 6.61 Å². The molecule has 1 amide bonds. The van der Waals surface area contributed by atoms with Crippen LogP contribution in [0, 0.1) is 6.92 Å². The van der Waals surface area contributed by atoms with E-state index in [1.165, 1.54) is 17.4 Å². The van der Waals surface area contributed by atoms with Crippen molar-refractivity contribution in [3.8, 4) is 5.75 Å². The summed E-state index contributed by atoms with van der Waals surface area (Å²) in [6.45, 7) is -1.15. The van der Waals surface area contributed by atoms with Crippen LogP contribution in [0.4, 0.5) is 8.78 Å². The van der Waals surface area contributed by atoms with E-state index < -0.39 is 6.61 Å². The lowest BCUT2D eigenvalue weighted by Crippen LogP contribution is -2.47. The maximum Gasteiger partial charge on any atom is 0.387 e. The summed E-state index contributed by atoms with van der Waals surface area (Å²) in [6, 6.07) is 2.53. The Hall–Kier alpha value is -1.21. The maximum absolute atomic E-state index is 12.4. The standard InChI is InChI=1S/C14H18F2N2O2S/c1-7-4-11(20-14(15)16)12(21-7)13(19)18-10-5-8-2-3-9(6-10)17-8/h4,8-10,14,17H,2-3,5-6H2,1H3,(H,18,19). The highest BCUT2D eigenvalue weighted by Gasteiger charge is 2.34. The normalized spacial score (nSPS) is 27.9. The van der Waals surface area contributed by atoms with E-state index in [0.29, 0.717) is 12.1 Å². The van der Waals surface area contributed by atoms with Gasteiger partial charge in [-0.15, -0.1) is 11.3 Å². The van der Waals surface area contributed by atoms with E-state index in [0.717, 1.165) is 30.6 Å². The molecule has 116 valence electrons. The Morgan fingerprint density at radius 1 is 1.43 bits per heavy atom. The van der Waals surface area contributed by atoms with E-state index in [9.17, 15) is 13.6 Å². The van der Waals surface area contributed by atoms with Crippen molar-refractivity contribution in [1.82, 2.24) is 10.6 Å². The van der Waals surface area contributed by atoms with Gasteiger partial charge in [0.2, 0.25) is 0 Å². The molecule has 21 heavy (non-hydrogen) atoms. The molecule has 2 bridgehead atoms. The molecular formula is C14H18F2N2O2S. The van der Waals surface area contributed by atoms with Gasteiger partial charge in [0.1, 0.15) is 10.6 Å². The lowest BCUT2D eigenvalue weighted by atomic mass is 10.00. The number of piperidine rings is 1. The monoisotopic (exact) mass is 316 g/mol. The minimum absolute atomic E-state index is 0.0260. The molecule has 1 aromatic heterocycles. The first-order valence-corrected chi connectivity index (χ1v) is 7.95. The van der Waals surface area contributed by atoms with Gasteiger partial charge in [0.05, 0.1) is 0 Å². The number of hydrogen-bond acceptors (Lipinski definition) is 4. The van der Waals surface area contributed by atoms with E-state index in [1.54, 1.807) is 6.92 Å². The fourth-order valence-electron chi connectivity index (χ4n) is 3.26. The number of aryl methyl sites for hydroxylation is 1. The van der Waals surface area contributed by atoms with Gasteiger partial charge in [0, 0.05) is 23.0 Å². The van der Waals surface area contributed by atoms with E-state index in [2.05, 4.69) is 15.4 Å². The lowest BCUT2D eigenvalue weighted by molar-refractivity contribution is -0.0498. The molecule has 0 aliphatic carbocycles. The van der Waals surface area contributed by atoms with Gasteiger partial charge in [0.25, 0.3) is 5.91 Å². The summed E-state index contributed by atoms with van der Waals surface area (Å²) in [7, 11) is 0. The molecule has 2 atom stereocenters. The summed E-state index contributed by atoms with van der Waals surface area (Å²) in [6.07, 6.45) is 4.10. The Bertz CT molecular complexity index is 523. The first-order chi connectivity index (χ1) is 10.0. The Labute approximate surface area is 125 Å². The second-order valence-corrected chi connectivity index (χ2v) is 6.96. The molecule has 0 saturated carbocycles. The molecule has 7 heteroatoms. The number of amides is 1. The van der Waals surface area contributed by atoms with Crippen molar-refractivity contribution in [2.75, 3.05) is 0 Å². The summed E-state index contributed by atoms with van der Waals surface area (Å²) in [4.78, 5) is 13.3. The second kappa shape index (κ2) is 5.88. The Balaban J connectivity index is 1.67. The molecule has 3 rings (SSSR count).